The van der Waals surface area contributed by atoms with Crippen molar-refractivity contribution in [2.75, 3.05) is 11.8 Å². The number of carbonyl (C=O) groups excluding carboxylic acids is 1. The molecular formula is C25H28N2O4S. The minimum atomic E-state index is -3.84. The van der Waals surface area contributed by atoms with E-state index in [1.807, 2.05) is 38.1 Å². The van der Waals surface area contributed by atoms with E-state index in [1.165, 1.54) is 6.07 Å². The Labute approximate surface area is 189 Å². The van der Waals surface area contributed by atoms with E-state index in [2.05, 4.69) is 10.0 Å². The van der Waals surface area contributed by atoms with Crippen molar-refractivity contribution in [3.05, 3.63) is 89.0 Å². The van der Waals surface area contributed by atoms with Crippen LogP contribution in [-0.2, 0) is 10.0 Å². The Hall–Kier alpha value is -3.32. The van der Waals surface area contributed by atoms with Gasteiger partial charge in [0.15, 0.2) is 0 Å². The second-order valence-corrected chi connectivity index (χ2v) is 9.27. The summed E-state index contributed by atoms with van der Waals surface area (Å²) >= 11 is 0. The minimum absolute atomic E-state index is 0.0716. The van der Waals surface area contributed by atoms with Gasteiger partial charge >= 0.3 is 0 Å². The Balaban J connectivity index is 1.85. The molecule has 6 nitrogen and oxygen atoms in total. The molecule has 32 heavy (non-hydrogen) atoms. The first-order valence-electron chi connectivity index (χ1n) is 10.4. The number of ether oxygens (including phenoxy) is 1. The van der Waals surface area contributed by atoms with Crippen LogP contribution in [-0.4, -0.2) is 21.4 Å². The molecule has 0 aromatic heterocycles. The van der Waals surface area contributed by atoms with Crippen molar-refractivity contribution in [1.29, 1.82) is 0 Å². The molecule has 3 aromatic carbocycles. The number of anilines is 1. The van der Waals surface area contributed by atoms with Gasteiger partial charge in [-0.3, -0.25) is 9.52 Å². The fraction of sp³-hybridized carbons (Fsp3) is 0.240. The first-order valence-corrected chi connectivity index (χ1v) is 11.9. The summed E-state index contributed by atoms with van der Waals surface area (Å²) in [5.41, 5.74) is 3.25. The molecule has 3 aromatic rings. The summed E-state index contributed by atoms with van der Waals surface area (Å²) in [5.74, 6) is 0.454. The van der Waals surface area contributed by atoms with Crippen LogP contribution in [0.1, 0.15) is 46.4 Å². The number of methoxy groups -OCH3 is 1. The van der Waals surface area contributed by atoms with E-state index in [0.29, 0.717) is 17.7 Å². The molecule has 0 saturated heterocycles. The molecule has 0 aliphatic heterocycles. The smallest absolute Gasteiger partial charge is 0.262 e. The second kappa shape index (κ2) is 9.87. The predicted molar refractivity (Wildman–Crippen MR) is 127 cm³/mol. The van der Waals surface area contributed by atoms with Crippen molar-refractivity contribution >= 4 is 21.6 Å². The number of rotatable bonds is 8. The molecule has 1 atom stereocenters. The first kappa shape index (κ1) is 23.3. The van der Waals surface area contributed by atoms with E-state index in [1.54, 1.807) is 50.4 Å². The summed E-state index contributed by atoms with van der Waals surface area (Å²) < 4.78 is 33.8. The van der Waals surface area contributed by atoms with Gasteiger partial charge in [-0.2, -0.15) is 0 Å². The van der Waals surface area contributed by atoms with E-state index in [4.69, 9.17) is 4.74 Å². The largest absolute Gasteiger partial charge is 0.496 e. The van der Waals surface area contributed by atoms with Crippen molar-refractivity contribution in [1.82, 2.24) is 5.32 Å². The molecule has 3 rings (SSSR count). The van der Waals surface area contributed by atoms with E-state index >= 15 is 0 Å². The topological polar surface area (TPSA) is 84.5 Å². The zero-order valence-corrected chi connectivity index (χ0v) is 19.5. The lowest BCUT2D eigenvalue weighted by molar-refractivity contribution is 0.0935. The number of aryl methyl sites for hydroxylation is 2. The van der Waals surface area contributed by atoms with Crippen LogP contribution in [0.15, 0.2) is 71.6 Å². The molecule has 168 valence electrons. The maximum atomic E-state index is 13.0. The summed E-state index contributed by atoms with van der Waals surface area (Å²) in [7, 11) is -2.22. The maximum absolute atomic E-state index is 13.0. The van der Waals surface area contributed by atoms with Gasteiger partial charge in [0, 0.05) is 11.3 Å². The van der Waals surface area contributed by atoms with Gasteiger partial charge in [0.05, 0.1) is 18.0 Å². The quantitative estimate of drug-likeness (QED) is 0.504. The van der Waals surface area contributed by atoms with Gasteiger partial charge in [0.2, 0.25) is 0 Å². The highest BCUT2D eigenvalue weighted by molar-refractivity contribution is 7.92. The van der Waals surface area contributed by atoms with Crippen molar-refractivity contribution in [3.8, 4) is 5.75 Å². The Morgan fingerprint density at radius 3 is 2.31 bits per heavy atom. The fourth-order valence-electron chi connectivity index (χ4n) is 3.53. The average molecular weight is 453 g/mol. The third-order valence-electron chi connectivity index (χ3n) is 5.30. The Morgan fingerprint density at radius 2 is 1.69 bits per heavy atom. The average Bonchev–Trinajstić information content (AvgIpc) is 2.77. The SMILES string of the molecule is CC[C@H](NC(=O)c1ccc(C)c(S(=O)(=O)Nc2ccccc2)c1)c1ccc(OC)c(C)c1. The second-order valence-electron chi connectivity index (χ2n) is 7.62. The molecule has 0 saturated carbocycles. The van der Waals surface area contributed by atoms with Crippen molar-refractivity contribution in [2.24, 2.45) is 0 Å². The number of carbonyl (C=O) groups is 1. The van der Waals surface area contributed by atoms with Crippen LogP contribution in [0.4, 0.5) is 5.69 Å². The number of hydrogen-bond acceptors (Lipinski definition) is 4. The van der Waals surface area contributed by atoms with Crippen LogP contribution in [0.25, 0.3) is 0 Å². The van der Waals surface area contributed by atoms with Gasteiger partial charge in [0.25, 0.3) is 15.9 Å². The zero-order chi connectivity index (χ0) is 23.3. The van der Waals surface area contributed by atoms with Crippen LogP contribution in [0, 0.1) is 13.8 Å². The van der Waals surface area contributed by atoms with E-state index in [0.717, 1.165) is 16.9 Å². The van der Waals surface area contributed by atoms with E-state index in [9.17, 15) is 13.2 Å². The Kier molecular flexibility index (Phi) is 7.20. The molecule has 1 amide bonds. The van der Waals surface area contributed by atoms with Gasteiger partial charge in [-0.05, 0) is 67.3 Å². The monoisotopic (exact) mass is 452 g/mol. The lowest BCUT2D eigenvalue weighted by atomic mass is 10.0. The molecule has 2 N–H and O–H groups in total. The summed E-state index contributed by atoms with van der Waals surface area (Å²) in [6.45, 7) is 5.64. The molecule has 0 spiro atoms. The molecule has 0 fully saturated rings. The molecule has 0 aliphatic carbocycles. The number of sulfonamides is 1. The highest BCUT2D eigenvalue weighted by atomic mass is 32.2. The van der Waals surface area contributed by atoms with E-state index < -0.39 is 10.0 Å². The standard InChI is InChI=1S/C25H28N2O4S/c1-5-22(19-13-14-23(31-4)18(3)15-19)26-25(28)20-12-11-17(2)24(16-20)32(29,30)27-21-9-7-6-8-10-21/h6-16,22,27H,5H2,1-4H3,(H,26,28)/t22-/m0/s1. The number of hydrogen-bond donors (Lipinski definition) is 2. The summed E-state index contributed by atoms with van der Waals surface area (Å²) in [6.07, 6.45) is 0.685. The minimum Gasteiger partial charge on any atom is -0.496 e. The molecule has 0 aliphatic rings. The summed E-state index contributed by atoms with van der Waals surface area (Å²) in [4.78, 5) is 13.1. The highest BCUT2D eigenvalue weighted by Crippen LogP contribution is 2.25. The van der Waals surface area contributed by atoms with Crippen LogP contribution < -0.4 is 14.8 Å². The molecule has 0 unspecified atom stereocenters. The summed E-state index contributed by atoms with van der Waals surface area (Å²) in [5, 5.41) is 3.02. The number of para-hydroxylation sites is 1. The van der Waals surface area contributed by atoms with Crippen LogP contribution in [0.3, 0.4) is 0 Å². The van der Waals surface area contributed by atoms with Crippen LogP contribution in [0.2, 0.25) is 0 Å². The third-order valence-corrected chi connectivity index (χ3v) is 6.82. The lowest BCUT2D eigenvalue weighted by Gasteiger charge is -2.19. The highest BCUT2D eigenvalue weighted by Gasteiger charge is 2.21. The van der Waals surface area contributed by atoms with Gasteiger partial charge in [-0.1, -0.05) is 43.3 Å². The maximum Gasteiger partial charge on any atom is 0.262 e. The van der Waals surface area contributed by atoms with Crippen molar-refractivity contribution in [3.63, 3.8) is 0 Å². The van der Waals surface area contributed by atoms with Crippen molar-refractivity contribution in [2.45, 2.75) is 38.1 Å². The Bertz CT molecular complexity index is 1210. The normalized spacial score (nSPS) is 12.1. The van der Waals surface area contributed by atoms with Gasteiger partial charge in [-0.25, -0.2) is 8.42 Å². The molecule has 7 heteroatoms. The predicted octanol–water partition coefficient (Wildman–Crippen LogP) is 4.99. The third kappa shape index (κ3) is 5.29. The molecule has 0 heterocycles. The van der Waals surface area contributed by atoms with Gasteiger partial charge < -0.3 is 10.1 Å². The first-order chi connectivity index (χ1) is 15.2. The molecular weight excluding hydrogens is 424 g/mol. The van der Waals surface area contributed by atoms with Crippen molar-refractivity contribution < 1.29 is 17.9 Å². The number of benzene rings is 3. The van der Waals surface area contributed by atoms with Crippen LogP contribution in [0.5, 0.6) is 5.75 Å². The summed E-state index contributed by atoms with van der Waals surface area (Å²) in [6, 6.07) is 18.9. The zero-order valence-electron chi connectivity index (χ0n) is 18.7. The molecule has 0 bridgehead atoms. The van der Waals surface area contributed by atoms with Crippen LogP contribution >= 0.6 is 0 Å². The van der Waals surface area contributed by atoms with Gasteiger partial charge in [0.1, 0.15) is 5.75 Å². The molecule has 0 radical (unpaired) electrons. The Morgan fingerprint density at radius 1 is 0.969 bits per heavy atom. The lowest BCUT2D eigenvalue weighted by Crippen LogP contribution is -2.28. The van der Waals surface area contributed by atoms with E-state index in [-0.39, 0.29) is 22.4 Å². The number of amides is 1. The number of nitrogens with one attached hydrogen (secondary N) is 2. The van der Waals surface area contributed by atoms with Gasteiger partial charge in [-0.15, -0.1) is 0 Å². The fourth-order valence-corrected chi connectivity index (χ4v) is 4.86.